The van der Waals surface area contributed by atoms with E-state index in [1.54, 1.807) is 0 Å². The van der Waals surface area contributed by atoms with Gasteiger partial charge >= 0.3 is 0 Å². The first-order valence-electron chi connectivity index (χ1n) is 14.3. The van der Waals surface area contributed by atoms with Gasteiger partial charge in [0.2, 0.25) is 0 Å². The Hall–Kier alpha value is -0.440. The average Bonchev–Trinajstić information content (AvgIpc) is 2.75. The van der Waals surface area contributed by atoms with Gasteiger partial charge in [-0.25, -0.2) is 0 Å². The Morgan fingerprint density at radius 1 is 0.400 bits per heavy atom. The molecule has 0 heterocycles. The zero-order valence-electron chi connectivity index (χ0n) is 21.5. The minimum Gasteiger partial charge on any atom is -0.103 e. The van der Waals surface area contributed by atoms with Gasteiger partial charge in [0.15, 0.2) is 0 Å². The Balaban J connectivity index is 3.14. The summed E-state index contributed by atoms with van der Waals surface area (Å²) in [5, 5.41) is 0. The Bertz CT molecular complexity index is 358. The molecule has 30 heavy (non-hydrogen) atoms. The molecule has 0 aromatic carbocycles. The van der Waals surface area contributed by atoms with Crippen LogP contribution in [-0.4, -0.2) is 0 Å². The molecule has 0 saturated carbocycles. The maximum Gasteiger partial charge on any atom is 0.00886 e. The third kappa shape index (κ3) is 25.6. The van der Waals surface area contributed by atoms with E-state index >= 15 is 0 Å². The van der Waals surface area contributed by atoms with E-state index in [4.69, 9.17) is 0 Å². The minimum absolute atomic E-state index is 0.932. The maximum absolute atomic E-state index is 3.41. The molecule has 0 heteroatoms. The largest absolute Gasteiger partial charge is 0.103 e. The second-order valence-electron chi connectivity index (χ2n) is 9.90. The fraction of sp³-hybridized carbons (Fsp3) is 0.933. The van der Waals surface area contributed by atoms with Crippen molar-refractivity contribution >= 4 is 0 Å². The van der Waals surface area contributed by atoms with Crippen LogP contribution < -0.4 is 0 Å². The predicted molar refractivity (Wildman–Crippen MR) is 139 cm³/mol. The maximum atomic E-state index is 3.41. The van der Waals surface area contributed by atoms with Gasteiger partial charge in [-0.15, -0.1) is 11.8 Å². The van der Waals surface area contributed by atoms with Crippen molar-refractivity contribution in [3.8, 4) is 11.8 Å². The van der Waals surface area contributed by atoms with Crippen LogP contribution in [0.4, 0.5) is 0 Å². The summed E-state index contributed by atoms with van der Waals surface area (Å²) in [7, 11) is 0. The Morgan fingerprint density at radius 3 is 1.17 bits per heavy atom. The van der Waals surface area contributed by atoms with Crippen LogP contribution in [0, 0.1) is 17.8 Å². The zero-order chi connectivity index (χ0) is 22.0. The molecule has 1 atom stereocenters. The van der Waals surface area contributed by atoms with E-state index in [9.17, 15) is 0 Å². The van der Waals surface area contributed by atoms with Gasteiger partial charge in [-0.1, -0.05) is 149 Å². The SMILES string of the molecule is CCCCCCCCCCCCCCCCCC#CCCCCCC(C)CCCC. The number of hydrogen-bond donors (Lipinski definition) is 0. The van der Waals surface area contributed by atoms with E-state index in [0.29, 0.717) is 0 Å². The molecular weight excluding hydrogens is 360 g/mol. The number of hydrogen-bond acceptors (Lipinski definition) is 0. The quantitative estimate of drug-likeness (QED) is 0.114. The summed E-state index contributed by atoms with van der Waals surface area (Å²) in [5.74, 6) is 7.75. The van der Waals surface area contributed by atoms with Crippen molar-refractivity contribution in [3.05, 3.63) is 0 Å². The molecule has 0 aromatic heterocycles. The summed E-state index contributed by atoms with van der Waals surface area (Å²) < 4.78 is 0. The minimum atomic E-state index is 0.932. The van der Waals surface area contributed by atoms with Crippen LogP contribution in [0.3, 0.4) is 0 Å². The van der Waals surface area contributed by atoms with Crippen molar-refractivity contribution in [2.75, 3.05) is 0 Å². The Morgan fingerprint density at radius 2 is 0.733 bits per heavy atom. The molecular formula is C30H58. The monoisotopic (exact) mass is 418 g/mol. The summed E-state index contributed by atoms with van der Waals surface area (Å²) in [6, 6.07) is 0. The highest BCUT2D eigenvalue weighted by molar-refractivity contribution is 4.98. The molecule has 0 radical (unpaired) electrons. The fourth-order valence-electron chi connectivity index (χ4n) is 4.34. The molecule has 1 unspecified atom stereocenters. The fourth-order valence-corrected chi connectivity index (χ4v) is 4.34. The molecule has 0 nitrogen and oxygen atoms in total. The smallest absolute Gasteiger partial charge is 0.00886 e. The van der Waals surface area contributed by atoms with E-state index in [1.807, 2.05) is 0 Å². The summed E-state index contributed by atoms with van der Waals surface area (Å²) in [6.45, 7) is 7.02. The average molecular weight is 419 g/mol. The van der Waals surface area contributed by atoms with Gasteiger partial charge in [-0.05, 0) is 18.8 Å². The second-order valence-corrected chi connectivity index (χ2v) is 9.90. The standard InChI is InChI=1S/C30H58/c1-4-6-8-9-10-11-12-13-14-15-16-17-18-19-20-21-22-23-24-25-26-27-29-30(3)28-7-5-2/h30H,4-21,24-29H2,1-3H3. The van der Waals surface area contributed by atoms with Gasteiger partial charge < -0.3 is 0 Å². The molecule has 0 rings (SSSR count). The highest BCUT2D eigenvalue weighted by Gasteiger charge is 2.00. The molecule has 178 valence electrons. The van der Waals surface area contributed by atoms with Crippen molar-refractivity contribution in [3.63, 3.8) is 0 Å². The molecule has 0 spiro atoms. The van der Waals surface area contributed by atoms with E-state index in [1.165, 1.54) is 141 Å². The molecule has 0 N–H and O–H groups in total. The lowest BCUT2D eigenvalue weighted by atomic mass is 9.97. The highest BCUT2D eigenvalue weighted by atomic mass is 14.1. The van der Waals surface area contributed by atoms with Crippen molar-refractivity contribution in [2.45, 2.75) is 175 Å². The van der Waals surface area contributed by atoms with E-state index in [2.05, 4.69) is 32.6 Å². The second kappa shape index (κ2) is 26.6. The summed E-state index contributed by atoms with van der Waals surface area (Å²) in [6.07, 6.45) is 33.6. The molecule has 0 fully saturated rings. The molecule has 0 aromatic rings. The lowest BCUT2D eigenvalue weighted by Gasteiger charge is -2.09. The first-order chi connectivity index (χ1) is 14.8. The first kappa shape index (κ1) is 29.6. The first-order valence-corrected chi connectivity index (χ1v) is 14.3. The Labute approximate surface area is 192 Å². The molecule has 0 aliphatic rings. The van der Waals surface area contributed by atoms with Crippen molar-refractivity contribution < 1.29 is 0 Å². The van der Waals surface area contributed by atoms with Crippen molar-refractivity contribution in [2.24, 2.45) is 5.92 Å². The lowest BCUT2D eigenvalue weighted by Crippen LogP contribution is -1.94. The van der Waals surface area contributed by atoms with Crippen LogP contribution >= 0.6 is 0 Å². The molecule has 0 amide bonds. The molecule has 0 aliphatic heterocycles. The summed E-state index contributed by atoms with van der Waals surface area (Å²) in [5.41, 5.74) is 0. The van der Waals surface area contributed by atoms with E-state index in [0.717, 1.165) is 18.8 Å². The predicted octanol–water partition coefficient (Wildman–Crippen LogP) is 11.0. The summed E-state index contributed by atoms with van der Waals surface area (Å²) >= 11 is 0. The van der Waals surface area contributed by atoms with Crippen LogP contribution in [0.5, 0.6) is 0 Å². The number of rotatable bonds is 23. The van der Waals surface area contributed by atoms with Crippen LogP contribution in [0.1, 0.15) is 175 Å². The van der Waals surface area contributed by atoms with Gasteiger partial charge in [0, 0.05) is 12.8 Å². The van der Waals surface area contributed by atoms with E-state index in [-0.39, 0.29) is 0 Å². The normalized spacial score (nSPS) is 12.0. The van der Waals surface area contributed by atoms with Gasteiger partial charge in [0.25, 0.3) is 0 Å². The third-order valence-electron chi connectivity index (χ3n) is 6.58. The molecule has 0 aliphatic carbocycles. The summed E-state index contributed by atoms with van der Waals surface area (Å²) in [4.78, 5) is 0. The molecule has 0 saturated heterocycles. The van der Waals surface area contributed by atoms with E-state index < -0.39 is 0 Å². The van der Waals surface area contributed by atoms with Crippen LogP contribution in [0.25, 0.3) is 0 Å². The van der Waals surface area contributed by atoms with Crippen LogP contribution in [0.15, 0.2) is 0 Å². The van der Waals surface area contributed by atoms with Gasteiger partial charge in [-0.3, -0.25) is 0 Å². The highest BCUT2D eigenvalue weighted by Crippen LogP contribution is 2.16. The van der Waals surface area contributed by atoms with Gasteiger partial charge in [0.05, 0.1) is 0 Å². The van der Waals surface area contributed by atoms with Crippen LogP contribution in [0.2, 0.25) is 0 Å². The Kier molecular flexibility index (Phi) is 26.2. The zero-order valence-corrected chi connectivity index (χ0v) is 21.5. The van der Waals surface area contributed by atoms with Gasteiger partial charge in [-0.2, -0.15) is 0 Å². The number of unbranched alkanes of at least 4 members (excludes halogenated alkanes) is 19. The lowest BCUT2D eigenvalue weighted by molar-refractivity contribution is 0.446. The van der Waals surface area contributed by atoms with Crippen LogP contribution in [-0.2, 0) is 0 Å². The van der Waals surface area contributed by atoms with Crippen molar-refractivity contribution in [1.29, 1.82) is 0 Å². The van der Waals surface area contributed by atoms with Gasteiger partial charge in [0.1, 0.15) is 0 Å². The topological polar surface area (TPSA) is 0 Å². The third-order valence-corrected chi connectivity index (χ3v) is 6.58. The van der Waals surface area contributed by atoms with Crippen molar-refractivity contribution in [1.82, 2.24) is 0 Å². The molecule has 0 bridgehead atoms.